The number of rotatable bonds is 4. The van der Waals surface area contributed by atoms with Gasteiger partial charge >= 0.3 is 0 Å². The Hall–Kier alpha value is -3.45. The van der Waals surface area contributed by atoms with Gasteiger partial charge in [0.2, 0.25) is 0 Å². The summed E-state index contributed by atoms with van der Waals surface area (Å²) in [7, 11) is 0. The summed E-state index contributed by atoms with van der Waals surface area (Å²) in [5.41, 5.74) is 3.93. The number of anilines is 1. The summed E-state index contributed by atoms with van der Waals surface area (Å²) in [4.78, 5) is 0. The molecule has 0 radical (unpaired) electrons. The number of phenols is 1. The van der Waals surface area contributed by atoms with Gasteiger partial charge in [-0.25, -0.2) is 0 Å². The Morgan fingerprint density at radius 2 is 1.82 bits per heavy atom. The number of aliphatic hydroxyl groups excluding tert-OH is 1. The van der Waals surface area contributed by atoms with Crippen molar-refractivity contribution in [1.29, 1.82) is 0 Å². The van der Waals surface area contributed by atoms with Crippen LogP contribution in [-0.4, -0.2) is 36.1 Å². The molecule has 0 spiro atoms. The summed E-state index contributed by atoms with van der Waals surface area (Å²) in [6.45, 7) is 0. The maximum Gasteiger partial charge on any atom is 0.178 e. The fraction of sp³-hybridized carbons (Fsp3) is 0.190. The van der Waals surface area contributed by atoms with Crippen molar-refractivity contribution in [2.45, 2.75) is 25.0 Å². The molecule has 2 heterocycles. The zero-order valence-electron chi connectivity index (χ0n) is 15.0. The Kier molecular flexibility index (Phi) is 3.95. The van der Waals surface area contributed by atoms with Crippen molar-refractivity contribution < 1.29 is 10.2 Å². The van der Waals surface area contributed by atoms with E-state index in [0.717, 1.165) is 16.7 Å². The fourth-order valence-corrected chi connectivity index (χ4v) is 3.72. The monoisotopic (exact) mass is 373 g/mol. The van der Waals surface area contributed by atoms with E-state index in [4.69, 9.17) is 0 Å². The Bertz CT molecular complexity index is 1140. The largest absolute Gasteiger partial charge is 0.508 e. The molecular weight excluding hydrogens is 354 g/mol. The van der Waals surface area contributed by atoms with Crippen LogP contribution in [0.2, 0.25) is 0 Å². The minimum Gasteiger partial charge on any atom is -0.508 e. The summed E-state index contributed by atoms with van der Waals surface area (Å²) in [5.74, 6) is 1.59. The molecule has 1 aliphatic carbocycles. The fourth-order valence-electron chi connectivity index (χ4n) is 3.72. The number of fused-ring (bicyclic) bond motifs is 2. The van der Waals surface area contributed by atoms with Crippen LogP contribution in [0.3, 0.4) is 0 Å². The number of aromatic nitrogens is 4. The molecule has 0 saturated heterocycles. The number of aromatic hydroxyl groups is 1. The van der Waals surface area contributed by atoms with Crippen LogP contribution in [0, 0.1) is 0 Å². The molecule has 28 heavy (non-hydrogen) atoms. The molecule has 0 amide bonds. The lowest BCUT2D eigenvalue weighted by Crippen LogP contribution is -2.22. The maximum atomic E-state index is 10.5. The van der Waals surface area contributed by atoms with Crippen molar-refractivity contribution in [3.63, 3.8) is 0 Å². The van der Waals surface area contributed by atoms with Gasteiger partial charge in [0.1, 0.15) is 11.6 Å². The SMILES string of the molecule is Oc1ccc(Cc2nnc3ccc(NC4c5ccccc5CC4O)nn23)cc1. The van der Waals surface area contributed by atoms with Crippen LogP contribution < -0.4 is 5.32 Å². The molecule has 2 unspecified atom stereocenters. The lowest BCUT2D eigenvalue weighted by molar-refractivity contribution is 0.165. The number of phenolic OH excluding ortho intramolecular Hbond substituents is 1. The summed E-state index contributed by atoms with van der Waals surface area (Å²) in [5, 5.41) is 36.3. The summed E-state index contributed by atoms with van der Waals surface area (Å²) < 4.78 is 1.71. The Balaban J connectivity index is 1.44. The van der Waals surface area contributed by atoms with E-state index in [2.05, 4.69) is 20.6 Å². The normalized spacial score (nSPS) is 18.3. The Labute approximate surface area is 161 Å². The van der Waals surface area contributed by atoms with E-state index in [-0.39, 0.29) is 11.8 Å². The van der Waals surface area contributed by atoms with Crippen molar-refractivity contribution >= 4 is 11.5 Å². The van der Waals surface area contributed by atoms with E-state index >= 15 is 0 Å². The van der Waals surface area contributed by atoms with Gasteiger partial charge in [0.25, 0.3) is 0 Å². The van der Waals surface area contributed by atoms with Gasteiger partial charge in [-0.15, -0.1) is 15.3 Å². The second-order valence-corrected chi connectivity index (χ2v) is 7.04. The molecule has 3 N–H and O–H groups in total. The van der Waals surface area contributed by atoms with Gasteiger partial charge in [0.05, 0.1) is 12.1 Å². The standard InChI is InChI=1S/C21H19N5O2/c27-15-7-5-13(6-8-15)11-20-24-23-19-10-9-18(25-26(19)20)22-21-16-4-2-1-3-14(16)12-17(21)28/h1-10,17,21,27-28H,11-12H2,(H,22,25). The first-order valence-corrected chi connectivity index (χ1v) is 9.19. The first-order chi connectivity index (χ1) is 13.7. The Morgan fingerprint density at radius 3 is 2.68 bits per heavy atom. The zero-order chi connectivity index (χ0) is 19.1. The molecule has 2 aromatic carbocycles. The van der Waals surface area contributed by atoms with Crippen molar-refractivity contribution in [2.75, 3.05) is 5.32 Å². The molecule has 2 atom stereocenters. The topological polar surface area (TPSA) is 95.6 Å². The minimum absolute atomic E-state index is 0.196. The second-order valence-electron chi connectivity index (χ2n) is 7.04. The molecule has 0 aliphatic heterocycles. The number of nitrogens with zero attached hydrogens (tertiary/aromatic N) is 4. The van der Waals surface area contributed by atoms with Crippen LogP contribution in [0.4, 0.5) is 5.82 Å². The second kappa shape index (κ2) is 6.61. The maximum absolute atomic E-state index is 10.5. The van der Waals surface area contributed by atoms with E-state index in [1.165, 1.54) is 0 Å². The van der Waals surface area contributed by atoms with Crippen LogP contribution in [0.1, 0.15) is 28.6 Å². The molecule has 7 heteroatoms. The van der Waals surface area contributed by atoms with Crippen molar-refractivity contribution in [1.82, 2.24) is 19.8 Å². The summed E-state index contributed by atoms with van der Waals surface area (Å²) in [6, 6.07) is 18.6. The van der Waals surface area contributed by atoms with E-state index in [9.17, 15) is 10.2 Å². The van der Waals surface area contributed by atoms with Gasteiger partial charge in [-0.05, 0) is 41.0 Å². The van der Waals surface area contributed by atoms with Crippen LogP contribution in [0.5, 0.6) is 5.75 Å². The van der Waals surface area contributed by atoms with Gasteiger partial charge < -0.3 is 15.5 Å². The number of benzene rings is 2. The molecule has 4 aromatic rings. The molecule has 1 aliphatic rings. The molecular formula is C21H19N5O2. The predicted octanol–water partition coefficient (Wildman–Crippen LogP) is 2.49. The highest BCUT2D eigenvalue weighted by molar-refractivity contribution is 5.48. The number of hydrogen-bond acceptors (Lipinski definition) is 6. The molecule has 140 valence electrons. The van der Waals surface area contributed by atoms with Gasteiger partial charge in [-0.2, -0.15) is 4.52 Å². The number of aliphatic hydroxyl groups is 1. The van der Waals surface area contributed by atoms with Crippen molar-refractivity contribution in [3.05, 3.63) is 83.2 Å². The third kappa shape index (κ3) is 2.95. The molecule has 5 rings (SSSR count). The van der Waals surface area contributed by atoms with Crippen LogP contribution in [-0.2, 0) is 12.8 Å². The molecule has 0 fully saturated rings. The molecule has 7 nitrogen and oxygen atoms in total. The van der Waals surface area contributed by atoms with E-state index in [0.29, 0.717) is 30.1 Å². The zero-order valence-corrected chi connectivity index (χ0v) is 15.0. The minimum atomic E-state index is -0.493. The van der Waals surface area contributed by atoms with Gasteiger partial charge in [0, 0.05) is 12.8 Å². The van der Waals surface area contributed by atoms with Crippen LogP contribution in [0.15, 0.2) is 60.7 Å². The average Bonchev–Trinajstić information content (AvgIpc) is 3.24. The highest BCUT2D eigenvalue weighted by Crippen LogP contribution is 2.33. The average molecular weight is 373 g/mol. The Morgan fingerprint density at radius 1 is 1.00 bits per heavy atom. The smallest absolute Gasteiger partial charge is 0.178 e. The van der Waals surface area contributed by atoms with Crippen LogP contribution >= 0.6 is 0 Å². The van der Waals surface area contributed by atoms with E-state index < -0.39 is 6.10 Å². The highest BCUT2D eigenvalue weighted by Gasteiger charge is 2.31. The summed E-state index contributed by atoms with van der Waals surface area (Å²) >= 11 is 0. The van der Waals surface area contributed by atoms with Crippen molar-refractivity contribution in [2.24, 2.45) is 0 Å². The highest BCUT2D eigenvalue weighted by atomic mass is 16.3. The first kappa shape index (κ1) is 16.7. The van der Waals surface area contributed by atoms with E-state index in [1.54, 1.807) is 16.6 Å². The quantitative estimate of drug-likeness (QED) is 0.509. The molecule has 0 bridgehead atoms. The van der Waals surface area contributed by atoms with Gasteiger partial charge in [-0.1, -0.05) is 36.4 Å². The van der Waals surface area contributed by atoms with E-state index in [1.807, 2.05) is 48.5 Å². The molecule has 2 aromatic heterocycles. The lowest BCUT2D eigenvalue weighted by Gasteiger charge is -2.18. The van der Waals surface area contributed by atoms with Crippen LogP contribution in [0.25, 0.3) is 5.65 Å². The third-order valence-corrected chi connectivity index (χ3v) is 5.13. The predicted molar refractivity (Wildman–Crippen MR) is 104 cm³/mol. The molecule has 0 saturated carbocycles. The van der Waals surface area contributed by atoms with Gasteiger partial charge in [0.15, 0.2) is 11.5 Å². The van der Waals surface area contributed by atoms with Crippen molar-refractivity contribution in [3.8, 4) is 5.75 Å². The lowest BCUT2D eigenvalue weighted by atomic mass is 10.1. The first-order valence-electron chi connectivity index (χ1n) is 9.19. The van der Waals surface area contributed by atoms with Gasteiger partial charge in [-0.3, -0.25) is 0 Å². The number of hydrogen-bond donors (Lipinski definition) is 3. The summed E-state index contributed by atoms with van der Waals surface area (Å²) in [6.07, 6.45) is 0.689. The number of nitrogens with one attached hydrogen (secondary N) is 1. The third-order valence-electron chi connectivity index (χ3n) is 5.13.